The molecule has 2 nitrogen and oxygen atoms in total. The first-order valence-electron chi connectivity index (χ1n) is 6.77. The van der Waals surface area contributed by atoms with Gasteiger partial charge in [-0.1, -0.05) is 19.9 Å². The van der Waals surface area contributed by atoms with Crippen molar-refractivity contribution in [3.63, 3.8) is 0 Å². The number of ether oxygens (including phenoxy) is 1. The van der Waals surface area contributed by atoms with Gasteiger partial charge in [0.1, 0.15) is 11.6 Å². The molecule has 0 spiro atoms. The molecular formula is C15H24FNO. The summed E-state index contributed by atoms with van der Waals surface area (Å²) in [4.78, 5) is 0. The van der Waals surface area contributed by atoms with Crippen molar-refractivity contribution in [2.75, 3.05) is 19.7 Å². The van der Waals surface area contributed by atoms with Crippen molar-refractivity contribution in [3.05, 3.63) is 30.1 Å². The highest BCUT2D eigenvalue weighted by molar-refractivity contribution is 5.22. The Morgan fingerprint density at radius 1 is 1.22 bits per heavy atom. The van der Waals surface area contributed by atoms with Gasteiger partial charge in [-0.15, -0.1) is 0 Å². The molecule has 0 fully saturated rings. The zero-order valence-corrected chi connectivity index (χ0v) is 11.4. The maximum absolute atomic E-state index is 12.9. The minimum Gasteiger partial charge on any atom is -0.493 e. The van der Waals surface area contributed by atoms with Crippen molar-refractivity contribution in [1.29, 1.82) is 0 Å². The van der Waals surface area contributed by atoms with E-state index in [1.165, 1.54) is 18.6 Å². The summed E-state index contributed by atoms with van der Waals surface area (Å²) >= 11 is 0. The van der Waals surface area contributed by atoms with Gasteiger partial charge in [0.2, 0.25) is 0 Å². The third-order valence-electron chi connectivity index (χ3n) is 2.62. The lowest BCUT2D eigenvalue weighted by Gasteiger charge is -2.08. The monoisotopic (exact) mass is 253 g/mol. The maximum Gasteiger partial charge on any atom is 0.126 e. The number of hydrogen-bond acceptors (Lipinski definition) is 2. The Balaban J connectivity index is 1.96. The van der Waals surface area contributed by atoms with Gasteiger partial charge in [0.25, 0.3) is 0 Å². The third-order valence-corrected chi connectivity index (χ3v) is 2.62. The van der Waals surface area contributed by atoms with Crippen LogP contribution in [0.5, 0.6) is 5.75 Å². The third kappa shape index (κ3) is 7.28. The highest BCUT2D eigenvalue weighted by atomic mass is 19.1. The minimum atomic E-state index is -0.245. The molecule has 1 aromatic carbocycles. The average molecular weight is 253 g/mol. The normalized spacial score (nSPS) is 10.9. The quantitative estimate of drug-likeness (QED) is 0.679. The molecule has 1 aromatic rings. The number of hydrogen-bond donors (Lipinski definition) is 1. The molecule has 0 aliphatic heterocycles. The lowest BCUT2D eigenvalue weighted by molar-refractivity contribution is 0.303. The predicted molar refractivity (Wildman–Crippen MR) is 73.5 cm³/mol. The van der Waals surface area contributed by atoms with E-state index in [1.54, 1.807) is 12.1 Å². The standard InChI is InChI=1S/C15H24FNO/c1-13(2)12-17-9-4-3-5-10-18-15-8-6-7-14(16)11-15/h6-8,11,13,17H,3-5,9-10,12H2,1-2H3. The summed E-state index contributed by atoms with van der Waals surface area (Å²) in [6.07, 6.45) is 3.32. The van der Waals surface area contributed by atoms with Crippen LogP contribution < -0.4 is 10.1 Å². The molecule has 0 unspecified atom stereocenters. The van der Waals surface area contributed by atoms with Crippen LogP contribution in [-0.4, -0.2) is 19.7 Å². The number of benzene rings is 1. The van der Waals surface area contributed by atoms with Gasteiger partial charge in [-0.05, 0) is 50.4 Å². The van der Waals surface area contributed by atoms with Gasteiger partial charge < -0.3 is 10.1 Å². The van der Waals surface area contributed by atoms with Crippen molar-refractivity contribution in [2.24, 2.45) is 5.92 Å². The topological polar surface area (TPSA) is 21.3 Å². The second-order valence-corrected chi connectivity index (χ2v) is 4.96. The Morgan fingerprint density at radius 3 is 2.78 bits per heavy atom. The van der Waals surface area contributed by atoms with E-state index < -0.39 is 0 Å². The summed E-state index contributed by atoms with van der Waals surface area (Å²) < 4.78 is 18.3. The van der Waals surface area contributed by atoms with Gasteiger partial charge >= 0.3 is 0 Å². The summed E-state index contributed by atoms with van der Waals surface area (Å²) in [7, 11) is 0. The van der Waals surface area contributed by atoms with Gasteiger partial charge in [-0.25, -0.2) is 4.39 Å². The summed E-state index contributed by atoms with van der Waals surface area (Å²) in [5.41, 5.74) is 0. The molecule has 0 heterocycles. The number of nitrogens with one attached hydrogen (secondary N) is 1. The Hall–Kier alpha value is -1.09. The number of halogens is 1. The first kappa shape index (κ1) is 15.0. The lowest BCUT2D eigenvalue weighted by atomic mass is 10.2. The highest BCUT2D eigenvalue weighted by Gasteiger charge is 1.96. The largest absolute Gasteiger partial charge is 0.493 e. The van der Waals surface area contributed by atoms with Gasteiger partial charge in [-0.2, -0.15) is 0 Å². The molecule has 1 N–H and O–H groups in total. The van der Waals surface area contributed by atoms with Gasteiger partial charge in [0.05, 0.1) is 6.61 Å². The fourth-order valence-electron chi connectivity index (χ4n) is 1.67. The Kier molecular flexibility index (Phi) is 7.42. The van der Waals surface area contributed by atoms with Crippen LogP contribution in [0.1, 0.15) is 33.1 Å². The molecule has 0 aliphatic rings. The number of rotatable bonds is 9. The highest BCUT2D eigenvalue weighted by Crippen LogP contribution is 2.12. The smallest absolute Gasteiger partial charge is 0.126 e. The Bertz CT molecular complexity index is 328. The molecule has 18 heavy (non-hydrogen) atoms. The van der Waals surface area contributed by atoms with E-state index in [0.717, 1.165) is 25.9 Å². The van der Waals surface area contributed by atoms with Gasteiger partial charge in [0, 0.05) is 6.07 Å². The molecule has 1 rings (SSSR count). The van der Waals surface area contributed by atoms with Crippen LogP contribution in [0.15, 0.2) is 24.3 Å². The van der Waals surface area contributed by atoms with Crippen LogP contribution in [0, 0.1) is 11.7 Å². The SMILES string of the molecule is CC(C)CNCCCCCOc1cccc(F)c1. The van der Waals surface area contributed by atoms with E-state index in [9.17, 15) is 4.39 Å². The lowest BCUT2D eigenvalue weighted by Crippen LogP contribution is -2.20. The van der Waals surface area contributed by atoms with E-state index in [4.69, 9.17) is 4.74 Å². The van der Waals surface area contributed by atoms with Crippen LogP contribution in [-0.2, 0) is 0 Å². The summed E-state index contributed by atoms with van der Waals surface area (Å²) in [5, 5.41) is 3.41. The molecule has 0 aliphatic carbocycles. The second-order valence-electron chi connectivity index (χ2n) is 4.96. The van der Waals surface area contributed by atoms with Crippen molar-refractivity contribution < 1.29 is 9.13 Å². The summed E-state index contributed by atoms with van der Waals surface area (Å²) in [6.45, 7) is 7.23. The van der Waals surface area contributed by atoms with E-state index in [-0.39, 0.29) is 5.82 Å². The zero-order chi connectivity index (χ0) is 13.2. The molecule has 0 radical (unpaired) electrons. The molecule has 0 bridgehead atoms. The molecule has 3 heteroatoms. The molecule has 0 aromatic heterocycles. The minimum absolute atomic E-state index is 0.245. The summed E-state index contributed by atoms with van der Waals surface area (Å²) in [5.74, 6) is 1.08. The zero-order valence-electron chi connectivity index (χ0n) is 11.4. The van der Waals surface area contributed by atoms with Crippen LogP contribution in [0.3, 0.4) is 0 Å². The molecule has 0 saturated carbocycles. The van der Waals surface area contributed by atoms with Crippen LogP contribution >= 0.6 is 0 Å². The molecule has 102 valence electrons. The predicted octanol–water partition coefficient (Wildman–Crippen LogP) is 3.62. The van der Waals surface area contributed by atoms with Crippen molar-refractivity contribution >= 4 is 0 Å². The van der Waals surface area contributed by atoms with E-state index >= 15 is 0 Å². The van der Waals surface area contributed by atoms with E-state index in [0.29, 0.717) is 18.3 Å². The second kappa shape index (κ2) is 8.92. The summed E-state index contributed by atoms with van der Waals surface area (Å²) in [6, 6.07) is 6.30. The molecule has 0 amide bonds. The van der Waals surface area contributed by atoms with Crippen LogP contribution in [0.2, 0.25) is 0 Å². The van der Waals surface area contributed by atoms with Gasteiger partial charge in [-0.3, -0.25) is 0 Å². The fraction of sp³-hybridized carbons (Fsp3) is 0.600. The van der Waals surface area contributed by atoms with Crippen LogP contribution in [0.25, 0.3) is 0 Å². The maximum atomic E-state index is 12.9. The van der Waals surface area contributed by atoms with Crippen LogP contribution in [0.4, 0.5) is 4.39 Å². The van der Waals surface area contributed by atoms with Crippen molar-refractivity contribution in [2.45, 2.75) is 33.1 Å². The molecular weight excluding hydrogens is 229 g/mol. The van der Waals surface area contributed by atoms with E-state index in [2.05, 4.69) is 19.2 Å². The fourth-order valence-corrected chi connectivity index (χ4v) is 1.67. The number of unbranched alkanes of at least 4 members (excludes halogenated alkanes) is 2. The Morgan fingerprint density at radius 2 is 2.06 bits per heavy atom. The molecule has 0 saturated heterocycles. The van der Waals surface area contributed by atoms with Crippen molar-refractivity contribution in [1.82, 2.24) is 5.32 Å². The van der Waals surface area contributed by atoms with E-state index in [1.807, 2.05) is 0 Å². The van der Waals surface area contributed by atoms with Crippen molar-refractivity contribution in [3.8, 4) is 5.75 Å². The van der Waals surface area contributed by atoms with Gasteiger partial charge in [0.15, 0.2) is 0 Å². The molecule has 0 atom stereocenters. The average Bonchev–Trinajstić information content (AvgIpc) is 2.32. The Labute approximate surface area is 110 Å². The first-order chi connectivity index (χ1) is 8.68. The first-order valence-corrected chi connectivity index (χ1v) is 6.77.